The highest BCUT2D eigenvalue weighted by Crippen LogP contribution is 2.30. The lowest BCUT2D eigenvalue weighted by atomic mass is 9.87. The molecule has 2 rings (SSSR count). The Hall–Kier alpha value is -1.22. The van der Waals surface area contributed by atoms with Crippen LogP contribution in [0, 0.1) is 6.92 Å². The predicted octanol–water partition coefficient (Wildman–Crippen LogP) is 3.23. The fourth-order valence-corrected chi connectivity index (χ4v) is 2.59. The van der Waals surface area contributed by atoms with E-state index in [1.165, 1.54) is 29.5 Å². The number of hydrogen-bond acceptors (Lipinski definition) is 1. The second-order valence-electron chi connectivity index (χ2n) is 4.66. The van der Waals surface area contributed by atoms with Crippen molar-refractivity contribution in [1.29, 1.82) is 0 Å². The molecule has 0 aromatic heterocycles. The van der Waals surface area contributed by atoms with Gasteiger partial charge in [-0.25, -0.2) is 4.79 Å². The molecule has 1 aliphatic carbocycles. The Kier molecular flexibility index (Phi) is 4.48. The third kappa shape index (κ3) is 2.96. The van der Waals surface area contributed by atoms with Gasteiger partial charge < -0.3 is 10.6 Å². The normalized spacial score (nSPS) is 13.9. The van der Waals surface area contributed by atoms with Crippen LogP contribution in [0.4, 0.5) is 10.5 Å². The molecule has 0 unspecified atom stereocenters. The largest absolute Gasteiger partial charge is 0.337 e. The first-order valence-corrected chi connectivity index (χ1v) is 6.98. The summed E-state index contributed by atoms with van der Waals surface area (Å²) in [5.41, 5.74) is 5.00. The van der Waals surface area contributed by atoms with Crippen LogP contribution in [-0.4, -0.2) is 18.5 Å². The quantitative estimate of drug-likeness (QED) is 0.811. The van der Waals surface area contributed by atoms with Crippen molar-refractivity contribution in [3.8, 4) is 0 Å². The predicted molar refractivity (Wildman–Crippen MR) is 75.6 cm³/mol. The number of benzene rings is 1. The van der Waals surface area contributed by atoms with E-state index in [4.69, 9.17) is 11.6 Å². The van der Waals surface area contributed by atoms with Gasteiger partial charge in [-0.05, 0) is 55.4 Å². The van der Waals surface area contributed by atoms with Gasteiger partial charge in [-0.1, -0.05) is 6.07 Å². The molecule has 0 saturated heterocycles. The molecule has 0 bridgehead atoms. The summed E-state index contributed by atoms with van der Waals surface area (Å²) in [5.74, 6) is 0.430. The third-order valence-electron chi connectivity index (χ3n) is 3.40. The maximum Gasteiger partial charge on any atom is 0.319 e. The molecule has 0 radical (unpaired) electrons. The average molecular weight is 267 g/mol. The molecule has 0 saturated carbocycles. The molecule has 2 N–H and O–H groups in total. The Bertz CT molecular complexity index is 446. The van der Waals surface area contributed by atoms with E-state index in [0.717, 1.165) is 18.5 Å². The van der Waals surface area contributed by atoms with Crippen molar-refractivity contribution in [3.05, 3.63) is 28.8 Å². The molecule has 18 heavy (non-hydrogen) atoms. The first kappa shape index (κ1) is 13.2. The Morgan fingerprint density at radius 1 is 1.28 bits per heavy atom. The second kappa shape index (κ2) is 6.10. The van der Waals surface area contributed by atoms with E-state index in [-0.39, 0.29) is 6.03 Å². The minimum atomic E-state index is -0.174. The van der Waals surface area contributed by atoms with E-state index in [9.17, 15) is 4.79 Å². The average Bonchev–Trinajstić information content (AvgIpc) is 2.40. The minimum absolute atomic E-state index is 0.174. The van der Waals surface area contributed by atoms with Crippen LogP contribution in [0.5, 0.6) is 0 Å². The number of fused-ring (bicyclic) bond motifs is 1. The summed E-state index contributed by atoms with van der Waals surface area (Å²) < 4.78 is 0. The number of carbonyl (C=O) groups is 1. The van der Waals surface area contributed by atoms with Crippen LogP contribution >= 0.6 is 11.6 Å². The van der Waals surface area contributed by atoms with Crippen molar-refractivity contribution in [2.75, 3.05) is 17.7 Å². The molecule has 98 valence electrons. The smallest absolute Gasteiger partial charge is 0.319 e. The highest BCUT2D eigenvalue weighted by molar-refractivity contribution is 6.18. The van der Waals surface area contributed by atoms with Crippen molar-refractivity contribution in [2.45, 2.75) is 32.6 Å². The van der Waals surface area contributed by atoms with E-state index in [1.54, 1.807) is 0 Å². The zero-order valence-corrected chi connectivity index (χ0v) is 11.4. The molecule has 2 amide bonds. The molecule has 4 heteroatoms. The molecule has 0 heterocycles. The number of amides is 2. The summed E-state index contributed by atoms with van der Waals surface area (Å²) in [6, 6.07) is 3.91. The molecule has 0 aliphatic heterocycles. The van der Waals surface area contributed by atoms with Crippen molar-refractivity contribution in [2.24, 2.45) is 0 Å². The van der Waals surface area contributed by atoms with Gasteiger partial charge in [-0.15, -0.1) is 11.6 Å². The van der Waals surface area contributed by atoms with E-state index in [0.29, 0.717) is 12.4 Å². The van der Waals surface area contributed by atoms with E-state index >= 15 is 0 Å². The number of urea groups is 1. The number of rotatable bonds is 3. The molecular weight excluding hydrogens is 248 g/mol. The molecule has 1 aromatic rings. The van der Waals surface area contributed by atoms with Crippen LogP contribution in [0.2, 0.25) is 0 Å². The van der Waals surface area contributed by atoms with Crippen LogP contribution in [-0.2, 0) is 12.8 Å². The lowest BCUT2D eigenvalue weighted by molar-refractivity contribution is 0.252. The monoisotopic (exact) mass is 266 g/mol. The lowest BCUT2D eigenvalue weighted by Gasteiger charge is -2.21. The highest BCUT2D eigenvalue weighted by atomic mass is 35.5. The number of alkyl halides is 1. The van der Waals surface area contributed by atoms with Gasteiger partial charge in [0.05, 0.1) is 0 Å². The molecule has 0 spiro atoms. The summed E-state index contributed by atoms with van der Waals surface area (Å²) >= 11 is 5.54. The standard InChI is InChI=1S/C14H19ClN2O/c1-10-6-7-13(17-14(18)16-9-8-15)12-5-3-2-4-11(10)12/h6-7H,2-5,8-9H2,1H3,(H2,16,17,18). The molecule has 0 fully saturated rings. The van der Waals surface area contributed by atoms with Gasteiger partial charge in [0.1, 0.15) is 0 Å². The fourth-order valence-electron chi connectivity index (χ4n) is 2.49. The van der Waals surface area contributed by atoms with E-state index in [1.807, 2.05) is 6.07 Å². The van der Waals surface area contributed by atoms with E-state index < -0.39 is 0 Å². The number of carbonyl (C=O) groups excluding carboxylic acids is 1. The van der Waals surface area contributed by atoms with Gasteiger partial charge in [0, 0.05) is 18.1 Å². The Labute approximate surface area is 113 Å². The molecule has 0 atom stereocenters. The van der Waals surface area contributed by atoms with Crippen LogP contribution in [0.15, 0.2) is 12.1 Å². The maximum atomic E-state index is 11.7. The van der Waals surface area contributed by atoms with Crippen LogP contribution in [0.25, 0.3) is 0 Å². The summed E-state index contributed by atoms with van der Waals surface area (Å²) in [7, 11) is 0. The maximum absolute atomic E-state index is 11.7. The van der Waals surface area contributed by atoms with Gasteiger partial charge in [-0.2, -0.15) is 0 Å². The Morgan fingerprint density at radius 3 is 2.72 bits per heavy atom. The summed E-state index contributed by atoms with van der Waals surface area (Å²) in [6.07, 6.45) is 4.63. The molecule has 3 nitrogen and oxygen atoms in total. The van der Waals surface area contributed by atoms with Gasteiger partial charge in [0.15, 0.2) is 0 Å². The lowest BCUT2D eigenvalue weighted by Crippen LogP contribution is -2.30. The Balaban J connectivity index is 2.16. The van der Waals surface area contributed by atoms with Gasteiger partial charge >= 0.3 is 6.03 Å². The summed E-state index contributed by atoms with van der Waals surface area (Å²) in [4.78, 5) is 11.7. The Morgan fingerprint density at radius 2 is 2.00 bits per heavy atom. The van der Waals surface area contributed by atoms with Gasteiger partial charge in [-0.3, -0.25) is 0 Å². The van der Waals surface area contributed by atoms with Crippen molar-refractivity contribution < 1.29 is 4.79 Å². The number of aryl methyl sites for hydroxylation is 1. The van der Waals surface area contributed by atoms with Crippen molar-refractivity contribution in [1.82, 2.24) is 5.32 Å². The zero-order chi connectivity index (χ0) is 13.0. The third-order valence-corrected chi connectivity index (χ3v) is 3.59. The van der Waals surface area contributed by atoms with Gasteiger partial charge in [0.25, 0.3) is 0 Å². The minimum Gasteiger partial charge on any atom is -0.337 e. The summed E-state index contributed by atoms with van der Waals surface area (Å²) in [5, 5.41) is 5.64. The van der Waals surface area contributed by atoms with Crippen LogP contribution < -0.4 is 10.6 Å². The van der Waals surface area contributed by atoms with Crippen molar-refractivity contribution in [3.63, 3.8) is 0 Å². The highest BCUT2D eigenvalue weighted by Gasteiger charge is 2.16. The number of nitrogens with one attached hydrogen (secondary N) is 2. The first-order valence-electron chi connectivity index (χ1n) is 6.44. The van der Waals surface area contributed by atoms with Crippen LogP contribution in [0.1, 0.15) is 29.5 Å². The van der Waals surface area contributed by atoms with Crippen LogP contribution in [0.3, 0.4) is 0 Å². The van der Waals surface area contributed by atoms with Crippen molar-refractivity contribution >= 4 is 23.3 Å². The number of halogens is 1. The SMILES string of the molecule is Cc1ccc(NC(=O)NCCCl)c2c1CCCC2. The molecular formula is C14H19ClN2O. The zero-order valence-electron chi connectivity index (χ0n) is 10.7. The molecule has 1 aliphatic rings. The molecule has 1 aromatic carbocycles. The number of hydrogen-bond donors (Lipinski definition) is 2. The fraction of sp³-hybridized carbons (Fsp3) is 0.500. The summed E-state index contributed by atoms with van der Waals surface area (Å²) in [6.45, 7) is 2.63. The first-order chi connectivity index (χ1) is 8.72. The van der Waals surface area contributed by atoms with Gasteiger partial charge in [0.2, 0.25) is 0 Å². The second-order valence-corrected chi connectivity index (χ2v) is 5.04. The number of anilines is 1. The van der Waals surface area contributed by atoms with E-state index in [2.05, 4.69) is 23.6 Å². The topological polar surface area (TPSA) is 41.1 Å².